The summed E-state index contributed by atoms with van der Waals surface area (Å²) in [7, 11) is -4.05. The summed E-state index contributed by atoms with van der Waals surface area (Å²) in [6.07, 6.45) is -2.13. The van der Waals surface area contributed by atoms with Crippen molar-refractivity contribution < 1.29 is 26.9 Å². The van der Waals surface area contributed by atoms with Crippen molar-refractivity contribution in [3.63, 3.8) is 0 Å². The molecule has 0 aliphatic heterocycles. The summed E-state index contributed by atoms with van der Waals surface area (Å²) in [5, 5.41) is 0. The molecule has 2 rings (SSSR count). The Labute approximate surface area is 153 Å². The lowest BCUT2D eigenvalue weighted by molar-refractivity contribution is -0.183. The zero-order chi connectivity index (χ0) is 19.2. The lowest BCUT2D eigenvalue weighted by atomic mass is 10.2. The number of esters is 1. The average Bonchev–Trinajstić information content (AvgIpc) is 2.61. The molecule has 7 heteroatoms. The van der Waals surface area contributed by atoms with E-state index in [1.54, 1.807) is 19.1 Å². The Kier molecular flexibility index (Phi) is 6.90. The Hall–Kier alpha value is -2.22. The van der Waals surface area contributed by atoms with Crippen LogP contribution in [0.3, 0.4) is 0 Å². The van der Waals surface area contributed by atoms with Gasteiger partial charge in [-0.25, -0.2) is 4.79 Å². The number of rotatable bonds is 8. The van der Waals surface area contributed by atoms with Crippen molar-refractivity contribution in [2.45, 2.75) is 44.7 Å². The number of ether oxygens (including phenoxy) is 2. The van der Waals surface area contributed by atoms with Crippen LogP contribution in [0.5, 0.6) is 0 Å². The van der Waals surface area contributed by atoms with Crippen molar-refractivity contribution in [3.8, 4) is 0 Å². The Morgan fingerprint density at radius 2 is 1.62 bits per heavy atom. The molecule has 0 bridgehead atoms. The first kappa shape index (κ1) is 20.1. The fraction of sp³-hybridized carbons (Fsp3) is 0.316. The summed E-state index contributed by atoms with van der Waals surface area (Å²) in [6.45, 7) is 4.99. The Morgan fingerprint density at radius 1 is 1.00 bits per heavy atom. The van der Waals surface area contributed by atoms with Crippen LogP contribution in [0.25, 0.3) is 0 Å². The minimum absolute atomic E-state index is 0.0175. The van der Waals surface area contributed by atoms with Crippen LogP contribution in [0.1, 0.15) is 25.0 Å². The van der Waals surface area contributed by atoms with Gasteiger partial charge >= 0.3 is 5.97 Å². The van der Waals surface area contributed by atoms with Gasteiger partial charge < -0.3 is 9.47 Å². The van der Waals surface area contributed by atoms with E-state index in [9.17, 15) is 13.2 Å². The van der Waals surface area contributed by atoms with Gasteiger partial charge in [-0.3, -0.25) is 4.18 Å². The molecule has 6 nitrogen and oxygen atoms in total. The zero-order valence-corrected chi connectivity index (χ0v) is 15.7. The second kappa shape index (κ2) is 8.93. The molecule has 0 saturated carbocycles. The fourth-order valence-electron chi connectivity index (χ4n) is 2.07. The highest BCUT2D eigenvalue weighted by Gasteiger charge is 2.26. The van der Waals surface area contributed by atoms with Gasteiger partial charge in [0.1, 0.15) is 0 Å². The van der Waals surface area contributed by atoms with Crippen LogP contribution < -0.4 is 0 Å². The fourth-order valence-corrected chi connectivity index (χ4v) is 3.11. The molecule has 0 heterocycles. The van der Waals surface area contributed by atoms with Gasteiger partial charge in [-0.05, 0) is 38.5 Å². The van der Waals surface area contributed by atoms with Crippen molar-refractivity contribution in [2.75, 3.05) is 0 Å². The van der Waals surface area contributed by atoms with E-state index in [1.807, 2.05) is 37.3 Å². The number of hydrogen-bond donors (Lipinski definition) is 0. The van der Waals surface area contributed by atoms with E-state index in [0.29, 0.717) is 0 Å². The molecule has 0 amide bonds. The summed E-state index contributed by atoms with van der Waals surface area (Å²) in [5.41, 5.74) is 1.85. The summed E-state index contributed by atoms with van der Waals surface area (Å²) >= 11 is 0. The van der Waals surface area contributed by atoms with Gasteiger partial charge in [-0.2, -0.15) is 8.42 Å². The highest BCUT2D eigenvalue weighted by atomic mass is 32.2. The van der Waals surface area contributed by atoms with Gasteiger partial charge in [0.15, 0.2) is 6.10 Å². The number of carbonyl (C=O) groups is 1. The number of hydrogen-bond acceptors (Lipinski definition) is 6. The van der Waals surface area contributed by atoms with E-state index in [2.05, 4.69) is 0 Å². The number of benzene rings is 2. The molecule has 0 aromatic heterocycles. The summed E-state index contributed by atoms with van der Waals surface area (Å²) < 4.78 is 39.8. The zero-order valence-electron chi connectivity index (χ0n) is 14.9. The lowest BCUT2D eigenvalue weighted by Crippen LogP contribution is -2.30. The van der Waals surface area contributed by atoms with Crippen LogP contribution in [0, 0.1) is 6.92 Å². The normalized spacial score (nSPS) is 13.8. The molecule has 0 fully saturated rings. The van der Waals surface area contributed by atoms with Crippen molar-refractivity contribution >= 4 is 16.1 Å². The third kappa shape index (κ3) is 5.94. The second-order valence-electron chi connectivity index (χ2n) is 5.81. The van der Waals surface area contributed by atoms with Gasteiger partial charge in [0.2, 0.25) is 6.29 Å². The monoisotopic (exact) mass is 378 g/mol. The highest BCUT2D eigenvalue weighted by molar-refractivity contribution is 7.86. The molecule has 0 saturated heterocycles. The molecule has 26 heavy (non-hydrogen) atoms. The lowest BCUT2D eigenvalue weighted by Gasteiger charge is -2.17. The van der Waals surface area contributed by atoms with Crippen molar-refractivity contribution in [1.29, 1.82) is 0 Å². The summed E-state index contributed by atoms with van der Waals surface area (Å²) in [6, 6.07) is 15.6. The molecular weight excluding hydrogens is 356 g/mol. The van der Waals surface area contributed by atoms with Crippen molar-refractivity contribution in [2.24, 2.45) is 0 Å². The first-order chi connectivity index (χ1) is 12.3. The predicted molar refractivity (Wildman–Crippen MR) is 95.7 cm³/mol. The van der Waals surface area contributed by atoms with E-state index >= 15 is 0 Å². The minimum Gasteiger partial charge on any atom is -0.434 e. The van der Waals surface area contributed by atoms with Gasteiger partial charge in [0, 0.05) is 0 Å². The molecule has 0 N–H and O–H groups in total. The first-order valence-corrected chi connectivity index (χ1v) is 9.55. The van der Waals surface area contributed by atoms with Gasteiger partial charge in [0.25, 0.3) is 10.1 Å². The topological polar surface area (TPSA) is 78.9 Å². The molecule has 0 aliphatic carbocycles. The maximum absolute atomic E-state index is 12.2. The van der Waals surface area contributed by atoms with Gasteiger partial charge in [0.05, 0.1) is 11.5 Å². The SMILES string of the molecule is Cc1ccc(S(=O)(=O)OC(C)C(=O)OC(C)OCc2ccccc2)cc1. The van der Waals surface area contributed by atoms with Crippen LogP contribution in [-0.2, 0) is 35.2 Å². The Bertz CT molecular complexity index is 815. The molecule has 2 unspecified atom stereocenters. The first-order valence-electron chi connectivity index (χ1n) is 8.14. The molecule has 2 atom stereocenters. The maximum atomic E-state index is 12.2. The third-order valence-corrected chi connectivity index (χ3v) is 4.91. The smallest absolute Gasteiger partial charge is 0.338 e. The molecular formula is C19H22O6S. The second-order valence-corrected chi connectivity index (χ2v) is 7.38. The molecule has 2 aromatic rings. The minimum atomic E-state index is -4.05. The number of aryl methyl sites for hydroxylation is 1. The third-order valence-electron chi connectivity index (χ3n) is 3.52. The molecule has 0 aliphatic rings. The average molecular weight is 378 g/mol. The molecule has 2 aromatic carbocycles. The quantitative estimate of drug-likeness (QED) is 0.399. The predicted octanol–water partition coefficient (Wildman–Crippen LogP) is 3.19. The van der Waals surface area contributed by atoms with Crippen molar-refractivity contribution in [3.05, 3.63) is 65.7 Å². The van der Waals surface area contributed by atoms with E-state index in [0.717, 1.165) is 11.1 Å². The standard InChI is InChI=1S/C19H22O6S/c1-14-9-11-18(12-10-14)26(21,22)25-15(2)19(20)24-16(3)23-13-17-7-5-4-6-8-17/h4-12,15-16H,13H2,1-3H3. The summed E-state index contributed by atoms with van der Waals surface area (Å²) in [5.74, 6) is -0.818. The van der Waals surface area contributed by atoms with Gasteiger partial charge in [-0.15, -0.1) is 0 Å². The van der Waals surface area contributed by atoms with E-state index in [1.165, 1.54) is 19.1 Å². The molecule has 140 valence electrons. The van der Waals surface area contributed by atoms with Crippen LogP contribution in [0.15, 0.2) is 59.5 Å². The number of carbonyl (C=O) groups excluding carboxylic acids is 1. The van der Waals surface area contributed by atoms with Crippen LogP contribution in [-0.4, -0.2) is 26.8 Å². The van der Waals surface area contributed by atoms with Crippen LogP contribution in [0.2, 0.25) is 0 Å². The van der Waals surface area contributed by atoms with E-state index < -0.39 is 28.5 Å². The molecule has 0 radical (unpaired) electrons. The maximum Gasteiger partial charge on any atom is 0.338 e. The highest BCUT2D eigenvalue weighted by Crippen LogP contribution is 2.16. The summed E-state index contributed by atoms with van der Waals surface area (Å²) in [4.78, 5) is 12.0. The van der Waals surface area contributed by atoms with Crippen LogP contribution in [0.4, 0.5) is 0 Å². The van der Waals surface area contributed by atoms with E-state index in [-0.39, 0.29) is 11.5 Å². The Balaban J connectivity index is 1.87. The van der Waals surface area contributed by atoms with Gasteiger partial charge in [-0.1, -0.05) is 48.0 Å². The Morgan fingerprint density at radius 3 is 2.23 bits per heavy atom. The van der Waals surface area contributed by atoms with Crippen molar-refractivity contribution in [1.82, 2.24) is 0 Å². The largest absolute Gasteiger partial charge is 0.434 e. The van der Waals surface area contributed by atoms with E-state index in [4.69, 9.17) is 13.7 Å². The van der Waals surface area contributed by atoms with Crippen LogP contribution >= 0.6 is 0 Å². The molecule has 0 spiro atoms.